The third-order valence-electron chi connectivity index (χ3n) is 3.22. The van der Waals surface area contributed by atoms with Gasteiger partial charge in [-0.05, 0) is 43.5 Å². The molecule has 0 radical (unpaired) electrons. The zero-order valence-corrected chi connectivity index (χ0v) is 9.63. The van der Waals surface area contributed by atoms with Crippen molar-refractivity contribution in [1.82, 2.24) is 9.55 Å². The van der Waals surface area contributed by atoms with Crippen molar-refractivity contribution in [2.45, 2.75) is 27.4 Å². The first-order valence-corrected chi connectivity index (χ1v) is 5.09. The highest BCUT2D eigenvalue weighted by molar-refractivity contribution is 5.82. The van der Waals surface area contributed by atoms with Crippen molar-refractivity contribution in [3.63, 3.8) is 0 Å². The molecule has 80 valence electrons. The average molecular weight is 204 g/mol. The van der Waals surface area contributed by atoms with E-state index in [-0.39, 0.29) is 6.61 Å². The van der Waals surface area contributed by atoms with E-state index in [1.54, 1.807) is 0 Å². The molecule has 2 rings (SSSR count). The van der Waals surface area contributed by atoms with Crippen LogP contribution in [-0.2, 0) is 13.7 Å². The molecule has 0 spiro atoms. The summed E-state index contributed by atoms with van der Waals surface area (Å²) in [4.78, 5) is 4.41. The van der Waals surface area contributed by atoms with E-state index in [1.807, 2.05) is 11.6 Å². The minimum Gasteiger partial charge on any atom is -0.388 e. The van der Waals surface area contributed by atoms with E-state index >= 15 is 0 Å². The molecule has 3 heteroatoms. The van der Waals surface area contributed by atoms with Gasteiger partial charge in [0.05, 0.1) is 11.0 Å². The number of aromatic nitrogens is 2. The lowest BCUT2D eigenvalue weighted by atomic mass is 10.0. The molecule has 0 aliphatic carbocycles. The minimum atomic E-state index is -0.0112. The van der Waals surface area contributed by atoms with Gasteiger partial charge in [0.2, 0.25) is 0 Å². The molecule has 0 fully saturated rings. The molecule has 2 aromatic rings. The summed E-state index contributed by atoms with van der Waals surface area (Å²) >= 11 is 0. The van der Waals surface area contributed by atoms with Crippen LogP contribution in [-0.4, -0.2) is 14.7 Å². The van der Waals surface area contributed by atoms with Crippen LogP contribution in [0.2, 0.25) is 0 Å². The Balaban J connectivity index is 2.90. The predicted octanol–water partition coefficient (Wildman–Crippen LogP) is 1.99. The van der Waals surface area contributed by atoms with Gasteiger partial charge in [0.1, 0.15) is 12.4 Å². The fourth-order valence-electron chi connectivity index (χ4n) is 2.04. The number of nitrogens with zero attached hydrogens (tertiary/aromatic N) is 2. The summed E-state index contributed by atoms with van der Waals surface area (Å²) in [5, 5.41) is 9.17. The Hall–Kier alpha value is -1.35. The van der Waals surface area contributed by atoms with E-state index in [0.29, 0.717) is 0 Å². The van der Waals surface area contributed by atoms with Gasteiger partial charge in [-0.1, -0.05) is 0 Å². The zero-order chi connectivity index (χ0) is 11.2. The highest BCUT2D eigenvalue weighted by Gasteiger charge is 2.11. The second-order valence-corrected chi connectivity index (χ2v) is 4.06. The SMILES string of the molecule is Cc1cc2nc(CO)n(C)c2c(C)c1C. The summed E-state index contributed by atoms with van der Waals surface area (Å²) in [6.07, 6.45) is 0. The van der Waals surface area contributed by atoms with E-state index in [2.05, 4.69) is 31.8 Å². The first-order valence-electron chi connectivity index (χ1n) is 5.09. The number of benzene rings is 1. The number of hydrogen-bond donors (Lipinski definition) is 1. The molecule has 0 aliphatic heterocycles. The first-order chi connectivity index (χ1) is 7.06. The number of aliphatic hydroxyl groups is 1. The third-order valence-corrected chi connectivity index (χ3v) is 3.22. The summed E-state index contributed by atoms with van der Waals surface area (Å²) in [5.41, 5.74) is 5.90. The lowest BCUT2D eigenvalue weighted by molar-refractivity contribution is 0.268. The van der Waals surface area contributed by atoms with E-state index in [1.165, 1.54) is 16.7 Å². The van der Waals surface area contributed by atoms with Crippen molar-refractivity contribution in [3.05, 3.63) is 28.6 Å². The topological polar surface area (TPSA) is 38.1 Å². The van der Waals surface area contributed by atoms with E-state index < -0.39 is 0 Å². The molecule has 3 nitrogen and oxygen atoms in total. The van der Waals surface area contributed by atoms with Gasteiger partial charge in [0, 0.05) is 7.05 Å². The highest BCUT2D eigenvalue weighted by Crippen LogP contribution is 2.24. The lowest BCUT2D eigenvalue weighted by Gasteiger charge is -2.07. The number of rotatable bonds is 1. The fraction of sp³-hybridized carbons (Fsp3) is 0.417. The number of imidazole rings is 1. The molecule has 0 atom stereocenters. The number of aliphatic hydroxyl groups excluding tert-OH is 1. The molecule has 1 aromatic carbocycles. The van der Waals surface area contributed by atoms with Crippen LogP contribution in [0.1, 0.15) is 22.5 Å². The van der Waals surface area contributed by atoms with Crippen LogP contribution >= 0.6 is 0 Å². The summed E-state index contributed by atoms with van der Waals surface area (Å²) in [7, 11) is 1.95. The molecule has 15 heavy (non-hydrogen) atoms. The van der Waals surface area contributed by atoms with Crippen LogP contribution in [0.4, 0.5) is 0 Å². The zero-order valence-electron chi connectivity index (χ0n) is 9.63. The standard InChI is InChI=1S/C12H16N2O/c1-7-5-10-12(9(3)8(7)2)14(4)11(6-15)13-10/h5,15H,6H2,1-4H3. The van der Waals surface area contributed by atoms with Crippen molar-refractivity contribution in [1.29, 1.82) is 0 Å². The first kappa shape index (κ1) is 10.2. The van der Waals surface area contributed by atoms with Crippen LogP contribution in [0.25, 0.3) is 11.0 Å². The van der Waals surface area contributed by atoms with Crippen molar-refractivity contribution in [3.8, 4) is 0 Å². The van der Waals surface area contributed by atoms with E-state index in [0.717, 1.165) is 16.9 Å². The van der Waals surface area contributed by atoms with Gasteiger partial charge in [0.25, 0.3) is 0 Å². The molecule has 0 amide bonds. The Labute approximate surface area is 89.4 Å². The maximum absolute atomic E-state index is 9.17. The molecule has 1 aromatic heterocycles. The largest absolute Gasteiger partial charge is 0.388 e. The summed E-state index contributed by atoms with van der Waals surface area (Å²) in [5.74, 6) is 0.720. The van der Waals surface area contributed by atoms with Crippen LogP contribution in [0.3, 0.4) is 0 Å². The predicted molar refractivity (Wildman–Crippen MR) is 60.8 cm³/mol. The quantitative estimate of drug-likeness (QED) is 0.771. The van der Waals surface area contributed by atoms with Crippen LogP contribution in [0.15, 0.2) is 6.07 Å². The monoisotopic (exact) mass is 204 g/mol. The Bertz CT molecular complexity index is 526. The molecule has 0 saturated heterocycles. The van der Waals surface area contributed by atoms with Crippen molar-refractivity contribution >= 4 is 11.0 Å². The van der Waals surface area contributed by atoms with Crippen LogP contribution in [0.5, 0.6) is 0 Å². The Morgan fingerprint density at radius 3 is 2.53 bits per heavy atom. The van der Waals surface area contributed by atoms with Gasteiger partial charge in [-0.15, -0.1) is 0 Å². The normalized spacial score (nSPS) is 11.3. The van der Waals surface area contributed by atoms with Crippen molar-refractivity contribution in [2.24, 2.45) is 7.05 Å². The average Bonchev–Trinajstić information content (AvgIpc) is 2.52. The third kappa shape index (κ3) is 1.35. The lowest BCUT2D eigenvalue weighted by Crippen LogP contribution is -1.98. The van der Waals surface area contributed by atoms with Gasteiger partial charge in [-0.25, -0.2) is 4.98 Å². The Kier molecular flexibility index (Phi) is 2.27. The molecule has 1 N–H and O–H groups in total. The Morgan fingerprint density at radius 1 is 1.27 bits per heavy atom. The van der Waals surface area contributed by atoms with E-state index in [4.69, 9.17) is 5.11 Å². The molecule has 1 heterocycles. The molecular weight excluding hydrogens is 188 g/mol. The van der Waals surface area contributed by atoms with Crippen molar-refractivity contribution < 1.29 is 5.11 Å². The molecular formula is C12H16N2O. The fourth-order valence-corrected chi connectivity index (χ4v) is 2.04. The molecule has 0 bridgehead atoms. The molecule has 0 saturated carbocycles. The summed E-state index contributed by atoms with van der Waals surface area (Å²) in [6.45, 7) is 6.31. The second-order valence-electron chi connectivity index (χ2n) is 4.06. The van der Waals surface area contributed by atoms with Gasteiger partial charge in [-0.3, -0.25) is 0 Å². The molecule has 0 unspecified atom stereocenters. The summed E-state index contributed by atoms with van der Waals surface area (Å²) < 4.78 is 1.97. The highest BCUT2D eigenvalue weighted by atomic mass is 16.3. The number of fused-ring (bicyclic) bond motifs is 1. The van der Waals surface area contributed by atoms with Gasteiger partial charge < -0.3 is 9.67 Å². The number of hydrogen-bond acceptors (Lipinski definition) is 2. The van der Waals surface area contributed by atoms with Gasteiger partial charge in [-0.2, -0.15) is 0 Å². The smallest absolute Gasteiger partial charge is 0.135 e. The van der Waals surface area contributed by atoms with E-state index in [9.17, 15) is 0 Å². The maximum Gasteiger partial charge on any atom is 0.135 e. The van der Waals surface area contributed by atoms with Gasteiger partial charge in [0.15, 0.2) is 0 Å². The molecule has 0 aliphatic rings. The summed E-state index contributed by atoms with van der Waals surface area (Å²) in [6, 6.07) is 2.08. The minimum absolute atomic E-state index is 0.0112. The van der Waals surface area contributed by atoms with Gasteiger partial charge >= 0.3 is 0 Å². The maximum atomic E-state index is 9.17. The van der Waals surface area contributed by atoms with Crippen LogP contribution in [0, 0.1) is 20.8 Å². The van der Waals surface area contributed by atoms with Crippen molar-refractivity contribution in [2.75, 3.05) is 0 Å². The van der Waals surface area contributed by atoms with Crippen LogP contribution < -0.4 is 0 Å². The number of aryl methyl sites for hydroxylation is 3. The second kappa shape index (κ2) is 3.35. The Morgan fingerprint density at radius 2 is 1.93 bits per heavy atom.